The third-order valence-electron chi connectivity index (χ3n) is 1.00. The molecule has 0 unspecified atom stereocenters. The second-order valence-electron chi connectivity index (χ2n) is 1.72. The molecule has 1 aromatic heterocycles. The zero-order valence-corrected chi connectivity index (χ0v) is 8.04. The van der Waals surface area contributed by atoms with E-state index in [4.69, 9.17) is 23.2 Å². The van der Waals surface area contributed by atoms with Crippen molar-refractivity contribution in [3.63, 3.8) is 0 Å². The molecule has 0 aliphatic carbocycles. The van der Waals surface area contributed by atoms with Crippen molar-refractivity contribution in [3.8, 4) is 0 Å². The van der Waals surface area contributed by atoms with E-state index >= 15 is 0 Å². The number of hydrogen-bond acceptors (Lipinski definition) is 1. The first-order valence-corrected chi connectivity index (χ1v) is 4.30. The molecule has 0 amide bonds. The van der Waals surface area contributed by atoms with Gasteiger partial charge >= 0.3 is 0 Å². The fourth-order valence-corrected chi connectivity index (χ4v) is 1.14. The summed E-state index contributed by atoms with van der Waals surface area (Å²) in [5.74, 6) is 0.412. The fraction of sp³-hybridized carbons (Fsp3) is 0.167. The summed E-state index contributed by atoms with van der Waals surface area (Å²) in [6.45, 7) is 0. The number of alkyl halides is 1. The monoisotopic (exact) mass is 239 g/mol. The molecule has 0 saturated carbocycles. The number of rotatable bonds is 1. The molecule has 0 aromatic carbocycles. The molecule has 0 atom stereocenters. The summed E-state index contributed by atoms with van der Waals surface area (Å²) in [7, 11) is 0. The van der Waals surface area contributed by atoms with Crippen LogP contribution in [0.4, 0.5) is 0 Å². The molecule has 1 nitrogen and oxygen atoms in total. The van der Waals surface area contributed by atoms with Crippen LogP contribution in [0.2, 0.25) is 5.02 Å². The number of hydrogen-bond donors (Lipinski definition) is 0. The SMILES string of the molecule is ClCc1cc(Br)c(Cl)cn1. The van der Waals surface area contributed by atoms with Gasteiger partial charge in [-0.2, -0.15) is 0 Å². The van der Waals surface area contributed by atoms with Gasteiger partial charge < -0.3 is 0 Å². The Hall–Kier alpha value is 0.210. The van der Waals surface area contributed by atoms with Gasteiger partial charge in [-0.1, -0.05) is 11.6 Å². The summed E-state index contributed by atoms with van der Waals surface area (Å²) >= 11 is 14.5. The number of aromatic nitrogens is 1. The van der Waals surface area contributed by atoms with Crippen LogP contribution in [0.1, 0.15) is 5.69 Å². The van der Waals surface area contributed by atoms with E-state index < -0.39 is 0 Å². The van der Waals surface area contributed by atoms with E-state index in [9.17, 15) is 0 Å². The number of nitrogens with zero attached hydrogens (tertiary/aromatic N) is 1. The second kappa shape index (κ2) is 3.56. The third-order valence-corrected chi connectivity index (χ3v) is 2.46. The lowest BCUT2D eigenvalue weighted by Crippen LogP contribution is -1.83. The first-order valence-electron chi connectivity index (χ1n) is 2.60. The molecule has 0 aliphatic heterocycles. The smallest absolute Gasteiger partial charge is 0.0731 e. The average Bonchev–Trinajstić information content (AvgIpc) is 1.95. The molecule has 0 fully saturated rings. The quantitative estimate of drug-likeness (QED) is 0.687. The van der Waals surface area contributed by atoms with E-state index in [1.54, 1.807) is 12.3 Å². The topological polar surface area (TPSA) is 12.9 Å². The zero-order valence-electron chi connectivity index (χ0n) is 4.94. The Labute approximate surface area is 77.5 Å². The maximum Gasteiger partial charge on any atom is 0.0731 e. The highest BCUT2D eigenvalue weighted by Gasteiger charge is 1.97. The van der Waals surface area contributed by atoms with Crippen LogP contribution in [-0.2, 0) is 5.88 Å². The standard InChI is InChI=1S/C6H4BrCl2N/c7-5-1-4(2-8)10-3-6(5)9/h1,3H,2H2. The van der Waals surface area contributed by atoms with Crippen LogP contribution in [0.5, 0.6) is 0 Å². The van der Waals surface area contributed by atoms with Gasteiger partial charge in [0.25, 0.3) is 0 Å². The minimum Gasteiger partial charge on any atom is -0.258 e. The Morgan fingerprint density at radius 1 is 1.60 bits per heavy atom. The van der Waals surface area contributed by atoms with Crippen molar-refractivity contribution in [2.75, 3.05) is 0 Å². The summed E-state index contributed by atoms with van der Waals surface area (Å²) in [6, 6.07) is 1.80. The van der Waals surface area contributed by atoms with E-state index in [1.165, 1.54) is 0 Å². The van der Waals surface area contributed by atoms with Gasteiger partial charge in [0.05, 0.1) is 16.6 Å². The molecule has 0 N–H and O–H groups in total. The predicted octanol–water partition coefficient (Wildman–Crippen LogP) is 3.24. The molecular weight excluding hydrogens is 237 g/mol. The van der Waals surface area contributed by atoms with Crippen LogP contribution >= 0.6 is 39.1 Å². The lowest BCUT2D eigenvalue weighted by atomic mass is 10.4. The van der Waals surface area contributed by atoms with E-state index in [-0.39, 0.29) is 0 Å². The molecular formula is C6H4BrCl2N. The van der Waals surface area contributed by atoms with E-state index in [0.717, 1.165) is 10.2 Å². The Balaban J connectivity index is 3.04. The van der Waals surface area contributed by atoms with Crippen LogP contribution in [0.25, 0.3) is 0 Å². The van der Waals surface area contributed by atoms with E-state index in [1.807, 2.05) is 0 Å². The Kier molecular flexibility index (Phi) is 2.96. The summed E-state index contributed by atoms with van der Waals surface area (Å²) in [6.07, 6.45) is 1.57. The minimum atomic E-state index is 0.412. The zero-order chi connectivity index (χ0) is 7.56. The van der Waals surface area contributed by atoms with Crippen molar-refractivity contribution in [1.82, 2.24) is 4.98 Å². The van der Waals surface area contributed by atoms with Crippen LogP contribution in [0.15, 0.2) is 16.7 Å². The van der Waals surface area contributed by atoms with Crippen LogP contribution < -0.4 is 0 Å². The average molecular weight is 241 g/mol. The molecule has 0 aliphatic rings. The molecule has 4 heteroatoms. The summed E-state index contributed by atoms with van der Waals surface area (Å²) in [4.78, 5) is 3.96. The van der Waals surface area contributed by atoms with Crippen molar-refractivity contribution < 1.29 is 0 Å². The van der Waals surface area contributed by atoms with Gasteiger partial charge in [-0.25, -0.2) is 0 Å². The largest absolute Gasteiger partial charge is 0.258 e. The van der Waals surface area contributed by atoms with Gasteiger partial charge in [0.1, 0.15) is 0 Å². The van der Waals surface area contributed by atoms with Crippen LogP contribution in [0, 0.1) is 0 Å². The van der Waals surface area contributed by atoms with E-state index in [2.05, 4.69) is 20.9 Å². The highest BCUT2D eigenvalue weighted by molar-refractivity contribution is 9.10. The van der Waals surface area contributed by atoms with Gasteiger partial charge in [-0.3, -0.25) is 4.98 Å². The minimum absolute atomic E-state index is 0.412. The maximum atomic E-state index is 5.69. The second-order valence-corrected chi connectivity index (χ2v) is 3.25. The Morgan fingerprint density at radius 2 is 2.30 bits per heavy atom. The molecule has 0 bridgehead atoms. The number of halogens is 3. The van der Waals surface area contributed by atoms with Crippen molar-refractivity contribution in [2.45, 2.75) is 5.88 Å². The first-order chi connectivity index (χ1) is 4.74. The highest BCUT2D eigenvalue weighted by atomic mass is 79.9. The van der Waals surface area contributed by atoms with Gasteiger partial charge in [0, 0.05) is 10.7 Å². The first kappa shape index (κ1) is 8.31. The lowest BCUT2D eigenvalue weighted by Gasteiger charge is -1.96. The molecule has 0 saturated heterocycles. The van der Waals surface area contributed by atoms with Gasteiger partial charge in [-0.15, -0.1) is 11.6 Å². The molecule has 0 spiro atoms. The summed E-state index contributed by atoms with van der Waals surface area (Å²) < 4.78 is 0.833. The van der Waals surface area contributed by atoms with Crippen LogP contribution in [0.3, 0.4) is 0 Å². The van der Waals surface area contributed by atoms with Gasteiger partial charge in [0.2, 0.25) is 0 Å². The highest BCUT2D eigenvalue weighted by Crippen LogP contribution is 2.21. The van der Waals surface area contributed by atoms with Gasteiger partial charge in [0.15, 0.2) is 0 Å². The predicted molar refractivity (Wildman–Crippen MR) is 46.5 cm³/mol. The van der Waals surface area contributed by atoms with Crippen molar-refractivity contribution in [2.24, 2.45) is 0 Å². The molecule has 1 aromatic rings. The molecule has 0 radical (unpaired) electrons. The maximum absolute atomic E-state index is 5.69. The molecule has 1 rings (SSSR count). The van der Waals surface area contributed by atoms with E-state index in [0.29, 0.717) is 10.9 Å². The van der Waals surface area contributed by atoms with Crippen molar-refractivity contribution in [1.29, 1.82) is 0 Å². The normalized spacial score (nSPS) is 9.90. The molecule has 54 valence electrons. The Morgan fingerprint density at radius 3 is 2.80 bits per heavy atom. The Bertz CT molecular complexity index is 239. The summed E-state index contributed by atoms with van der Waals surface area (Å²) in [5, 5.41) is 0.605. The summed E-state index contributed by atoms with van der Waals surface area (Å²) in [5.41, 5.74) is 0.818. The molecule has 10 heavy (non-hydrogen) atoms. The molecule has 1 heterocycles. The van der Waals surface area contributed by atoms with Gasteiger partial charge in [-0.05, 0) is 22.0 Å². The third kappa shape index (κ3) is 1.84. The number of pyridine rings is 1. The fourth-order valence-electron chi connectivity index (χ4n) is 0.527. The van der Waals surface area contributed by atoms with Crippen LogP contribution in [-0.4, -0.2) is 4.98 Å². The lowest BCUT2D eigenvalue weighted by molar-refractivity contribution is 1.16. The van der Waals surface area contributed by atoms with Crippen molar-refractivity contribution >= 4 is 39.1 Å². The van der Waals surface area contributed by atoms with Crippen molar-refractivity contribution in [3.05, 3.63) is 27.5 Å².